The molecule has 2 aromatic heterocycles. The summed E-state index contributed by atoms with van der Waals surface area (Å²) in [5, 5.41) is 0. The molecule has 0 amide bonds. The smallest absolute Gasteiger partial charge is 0.330 e. The molecule has 0 spiro atoms. The van der Waals surface area contributed by atoms with Crippen LogP contribution in [-0.4, -0.2) is 33.0 Å². The highest BCUT2D eigenvalue weighted by Crippen LogP contribution is 2.01. The van der Waals surface area contributed by atoms with Gasteiger partial charge >= 0.3 is 11.7 Å². The number of esters is 1. The zero-order chi connectivity index (χ0) is 13.1. The van der Waals surface area contributed by atoms with Gasteiger partial charge in [0.25, 0.3) is 5.56 Å². The lowest BCUT2D eigenvalue weighted by molar-refractivity contribution is -0.134. The zero-order valence-electron chi connectivity index (χ0n) is 9.26. The van der Waals surface area contributed by atoms with E-state index in [0.717, 1.165) is 6.08 Å². The van der Waals surface area contributed by atoms with Crippen molar-refractivity contribution in [1.29, 1.82) is 0 Å². The first kappa shape index (κ1) is 11.7. The van der Waals surface area contributed by atoms with Crippen LogP contribution in [0.15, 0.2) is 21.9 Å². The first-order valence-corrected chi connectivity index (χ1v) is 4.85. The van der Waals surface area contributed by atoms with Gasteiger partial charge in [0.15, 0.2) is 11.2 Å². The number of H-pyrrole nitrogens is 2. The Morgan fingerprint density at radius 3 is 2.89 bits per heavy atom. The second-order valence-electron chi connectivity index (χ2n) is 3.26. The molecule has 2 heterocycles. The quantitative estimate of drug-likeness (QED) is 0.530. The molecule has 0 atom stereocenters. The summed E-state index contributed by atoms with van der Waals surface area (Å²) in [5.74, 6) is -0.549. The molecule has 2 N–H and O–H groups in total. The average molecular weight is 248 g/mol. The van der Waals surface area contributed by atoms with Crippen LogP contribution in [0.4, 0.5) is 0 Å². The number of methoxy groups -OCH3 is 1. The normalized spacial score (nSPS) is 10.9. The van der Waals surface area contributed by atoms with E-state index >= 15 is 0 Å². The number of nitrogens with one attached hydrogen (secondary N) is 2. The maximum Gasteiger partial charge on any atom is 0.330 e. The van der Waals surface area contributed by atoms with Gasteiger partial charge in [0.2, 0.25) is 0 Å². The van der Waals surface area contributed by atoms with Crippen molar-refractivity contribution >= 4 is 23.2 Å². The van der Waals surface area contributed by atoms with Gasteiger partial charge in [-0.05, 0) is 6.08 Å². The fraction of sp³-hybridized carbons (Fsp3) is 0.100. The van der Waals surface area contributed by atoms with Crippen molar-refractivity contribution in [3.8, 4) is 0 Å². The second-order valence-corrected chi connectivity index (χ2v) is 3.26. The summed E-state index contributed by atoms with van der Waals surface area (Å²) in [5.41, 5.74) is -0.930. The number of carbonyl (C=O) groups is 1. The summed E-state index contributed by atoms with van der Waals surface area (Å²) >= 11 is 0. The van der Waals surface area contributed by atoms with Crippen molar-refractivity contribution in [1.82, 2.24) is 19.9 Å². The van der Waals surface area contributed by atoms with E-state index in [1.807, 2.05) is 4.98 Å². The molecule has 0 radical (unpaired) electrons. The predicted octanol–water partition coefficient (Wildman–Crippen LogP) is -0.807. The van der Waals surface area contributed by atoms with Crippen LogP contribution >= 0.6 is 0 Å². The Kier molecular flexibility index (Phi) is 3.00. The molecular weight excluding hydrogens is 240 g/mol. The first-order valence-electron chi connectivity index (χ1n) is 4.85. The van der Waals surface area contributed by atoms with Crippen molar-refractivity contribution in [3.63, 3.8) is 0 Å². The molecule has 0 aliphatic carbocycles. The average Bonchev–Trinajstić information content (AvgIpc) is 2.36. The SMILES string of the molecule is COC(=O)C=Cc1cnc2[nH]c(=O)[nH]c(=O)c2n1. The minimum atomic E-state index is -0.653. The molecule has 18 heavy (non-hydrogen) atoms. The number of hydrogen-bond acceptors (Lipinski definition) is 6. The van der Waals surface area contributed by atoms with Crippen LogP contribution in [0.25, 0.3) is 17.2 Å². The van der Waals surface area contributed by atoms with Gasteiger partial charge in [-0.1, -0.05) is 0 Å². The maximum atomic E-state index is 11.5. The van der Waals surface area contributed by atoms with E-state index < -0.39 is 17.2 Å². The van der Waals surface area contributed by atoms with Crippen LogP contribution in [0.1, 0.15) is 5.69 Å². The Morgan fingerprint density at radius 2 is 2.17 bits per heavy atom. The minimum absolute atomic E-state index is 0.0124. The number of fused-ring (bicyclic) bond motifs is 1. The fourth-order valence-electron chi connectivity index (χ4n) is 1.26. The lowest BCUT2D eigenvalue weighted by Gasteiger charge is -1.96. The lowest BCUT2D eigenvalue weighted by atomic mass is 10.3. The number of ether oxygens (including phenoxy) is 1. The molecule has 8 heteroatoms. The predicted molar refractivity (Wildman–Crippen MR) is 61.8 cm³/mol. The summed E-state index contributed by atoms with van der Waals surface area (Å²) in [6, 6.07) is 0. The topological polar surface area (TPSA) is 118 Å². The van der Waals surface area contributed by atoms with Crippen LogP contribution in [0.3, 0.4) is 0 Å². The van der Waals surface area contributed by atoms with Gasteiger partial charge in [-0.2, -0.15) is 0 Å². The minimum Gasteiger partial charge on any atom is -0.466 e. The van der Waals surface area contributed by atoms with Crippen LogP contribution in [0.5, 0.6) is 0 Å². The highest BCUT2D eigenvalue weighted by atomic mass is 16.5. The van der Waals surface area contributed by atoms with Gasteiger partial charge in [-0.3, -0.25) is 14.8 Å². The molecule has 0 aliphatic heterocycles. The van der Waals surface area contributed by atoms with Gasteiger partial charge in [-0.25, -0.2) is 19.6 Å². The maximum absolute atomic E-state index is 11.5. The number of carbonyl (C=O) groups excluding carboxylic acids is 1. The van der Waals surface area contributed by atoms with Crippen LogP contribution in [0, 0.1) is 0 Å². The Bertz CT molecular complexity index is 743. The highest BCUT2D eigenvalue weighted by molar-refractivity contribution is 5.86. The van der Waals surface area contributed by atoms with Gasteiger partial charge in [-0.15, -0.1) is 0 Å². The molecule has 2 rings (SSSR count). The molecule has 8 nitrogen and oxygen atoms in total. The molecule has 0 fully saturated rings. The van der Waals surface area contributed by atoms with E-state index in [1.54, 1.807) is 0 Å². The highest BCUT2D eigenvalue weighted by Gasteiger charge is 2.04. The third-order valence-electron chi connectivity index (χ3n) is 2.06. The van der Waals surface area contributed by atoms with Gasteiger partial charge in [0.1, 0.15) is 0 Å². The van der Waals surface area contributed by atoms with E-state index in [1.165, 1.54) is 19.4 Å². The molecule has 0 saturated heterocycles. The van der Waals surface area contributed by atoms with Crippen LogP contribution < -0.4 is 11.2 Å². The third-order valence-corrected chi connectivity index (χ3v) is 2.06. The fourth-order valence-corrected chi connectivity index (χ4v) is 1.26. The van der Waals surface area contributed by atoms with Crippen molar-refractivity contribution in [3.05, 3.63) is 38.8 Å². The monoisotopic (exact) mass is 248 g/mol. The molecular formula is C10H8N4O4. The molecule has 0 saturated carbocycles. The van der Waals surface area contributed by atoms with Gasteiger partial charge < -0.3 is 4.74 Å². The summed E-state index contributed by atoms with van der Waals surface area (Å²) in [7, 11) is 1.24. The second kappa shape index (κ2) is 4.62. The summed E-state index contributed by atoms with van der Waals surface area (Å²) in [6.45, 7) is 0. The standard InChI is InChI=1S/C10H8N4O4/c1-18-6(15)3-2-5-4-11-8-7(12-5)9(16)14-10(17)13-8/h2-4H,1H3,(H2,11,13,14,16,17). The van der Waals surface area contributed by atoms with Crippen molar-refractivity contribution in [2.45, 2.75) is 0 Å². The zero-order valence-corrected chi connectivity index (χ0v) is 9.26. The molecule has 0 aromatic carbocycles. The Labute approximate surface area is 99.4 Å². The molecule has 2 aromatic rings. The third kappa shape index (κ3) is 2.32. The van der Waals surface area contributed by atoms with Gasteiger partial charge in [0.05, 0.1) is 19.0 Å². The van der Waals surface area contributed by atoms with Crippen LogP contribution in [0.2, 0.25) is 0 Å². The molecule has 92 valence electrons. The number of aromatic amines is 2. The Morgan fingerprint density at radius 1 is 1.39 bits per heavy atom. The van der Waals surface area contributed by atoms with Crippen molar-refractivity contribution in [2.75, 3.05) is 7.11 Å². The largest absolute Gasteiger partial charge is 0.466 e. The molecule has 0 bridgehead atoms. The van der Waals surface area contributed by atoms with Crippen molar-refractivity contribution in [2.24, 2.45) is 0 Å². The van der Waals surface area contributed by atoms with E-state index in [0.29, 0.717) is 5.69 Å². The Hall–Kier alpha value is -2.77. The first-order chi connectivity index (χ1) is 8.60. The van der Waals surface area contributed by atoms with E-state index in [4.69, 9.17) is 0 Å². The number of hydrogen-bond donors (Lipinski definition) is 2. The van der Waals surface area contributed by atoms with Crippen LogP contribution in [-0.2, 0) is 9.53 Å². The lowest BCUT2D eigenvalue weighted by Crippen LogP contribution is -2.23. The summed E-state index contributed by atoms with van der Waals surface area (Å²) < 4.78 is 4.41. The van der Waals surface area contributed by atoms with E-state index in [2.05, 4.69) is 19.7 Å². The number of rotatable bonds is 2. The number of nitrogens with zero attached hydrogens (tertiary/aromatic N) is 2. The van der Waals surface area contributed by atoms with E-state index in [-0.39, 0.29) is 11.2 Å². The number of aromatic nitrogens is 4. The Balaban J connectivity index is 2.51. The van der Waals surface area contributed by atoms with Crippen molar-refractivity contribution < 1.29 is 9.53 Å². The molecule has 0 aliphatic rings. The van der Waals surface area contributed by atoms with Gasteiger partial charge in [0, 0.05) is 6.08 Å². The summed E-state index contributed by atoms with van der Waals surface area (Å²) in [4.78, 5) is 45.5. The molecule has 0 unspecified atom stereocenters. The summed E-state index contributed by atoms with van der Waals surface area (Å²) in [6.07, 6.45) is 3.82. The van der Waals surface area contributed by atoms with E-state index in [9.17, 15) is 14.4 Å².